The van der Waals surface area contributed by atoms with E-state index in [-0.39, 0.29) is 5.91 Å². The van der Waals surface area contributed by atoms with E-state index in [1.165, 1.54) is 0 Å². The Bertz CT molecular complexity index is 583. The highest BCUT2D eigenvalue weighted by molar-refractivity contribution is 5.96. The lowest BCUT2D eigenvalue weighted by Crippen LogP contribution is -2.52. The van der Waals surface area contributed by atoms with Crippen molar-refractivity contribution in [3.8, 4) is 5.75 Å². The Balaban J connectivity index is 1.66. The van der Waals surface area contributed by atoms with Crippen molar-refractivity contribution >= 4 is 11.6 Å². The molecule has 1 aromatic rings. The highest BCUT2D eigenvalue weighted by Gasteiger charge is 2.47. The van der Waals surface area contributed by atoms with E-state index in [0.29, 0.717) is 13.2 Å². The van der Waals surface area contributed by atoms with E-state index in [1.807, 2.05) is 32.0 Å². The number of amides is 1. The fraction of sp³-hybridized carbons (Fsp3) is 0.611. The average Bonchev–Trinajstić information content (AvgIpc) is 3.01. The minimum atomic E-state index is -0.666. The topological polar surface area (TPSA) is 56.8 Å². The molecule has 0 radical (unpaired) electrons. The van der Waals surface area contributed by atoms with Crippen LogP contribution in [0.25, 0.3) is 0 Å². The average molecular weight is 319 g/mol. The van der Waals surface area contributed by atoms with Crippen LogP contribution >= 0.6 is 0 Å². The predicted octanol–water partition coefficient (Wildman–Crippen LogP) is 3.27. The first kappa shape index (κ1) is 16.3. The van der Waals surface area contributed by atoms with Gasteiger partial charge in [0.25, 0.3) is 0 Å². The van der Waals surface area contributed by atoms with Gasteiger partial charge in [-0.25, -0.2) is 0 Å². The van der Waals surface area contributed by atoms with Gasteiger partial charge in [0.2, 0.25) is 5.91 Å². The Labute approximate surface area is 137 Å². The third-order valence-electron chi connectivity index (χ3n) is 4.90. The van der Waals surface area contributed by atoms with Crippen LogP contribution < -0.4 is 10.1 Å². The lowest BCUT2D eigenvalue weighted by Gasteiger charge is -2.42. The number of carbonyl (C=O) groups is 1. The van der Waals surface area contributed by atoms with Crippen LogP contribution in [0.5, 0.6) is 5.75 Å². The molecule has 2 fully saturated rings. The molecular weight excluding hydrogens is 294 g/mol. The second-order valence-electron chi connectivity index (χ2n) is 6.89. The standard InChI is InChI=1S/C18H25NO4/c1-13-10-14(21-3)6-7-15(13)19-16(20)17(2)11-22-18(23-12-17)8-4-5-9-18/h6-7,10H,4-5,8-9,11-12H2,1-3H3,(H,19,20). The van der Waals surface area contributed by atoms with Crippen LogP contribution in [-0.4, -0.2) is 32.0 Å². The van der Waals surface area contributed by atoms with Crippen molar-refractivity contribution in [2.45, 2.75) is 45.3 Å². The number of ether oxygens (including phenoxy) is 3. The van der Waals surface area contributed by atoms with Gasteiger partial charge >= 0.3 is 0 Å². The Morgan fingerprint density at radius 1 is 1.22 bits per heavy atom. The molecular formula is C18H25NO4. The molecule has 0 bridgehead atoms. The molecule has 1 saturated heterocycles. The number of aryl methyl sites for hydroxylation is 1. The first-order valence-corrected chi connectivity index (χ1v) is 8.20. The van der Waals surface area contributed by atoms with Crippen molar-refractivity contribution in [2.75, 3.05) is 25.6 Å². The second kappa shape index (κ2) is 6.13. The SMILES string of the molecule is COc1ccc(NC(=O)C2(C)COC3(CCCC3)OC2)c(C)c1. The Morgan fingerprint density at radius 3 is 2.43 bits per heavy atom. The summed E-state index contributed by atoms with van der Waals surface area (Å²) in [4.78, 5) is 12.7. The van der Waals surface area contributed by atoms with Crippen molar-refractivity contribution in [1.29, 1.82) is 0 Å². The summed E-state index contributed by atoms with van der Waals surface area (Å²) in [6.07, 6.45) is 4.13. The second-order valence-corrected chi connectivity index (χ2v) is 6.89. The van der Waals surface area contributed by atoms with Crippen LogP contribution in [0.4, 0.5) is 5.69 Å². The van der Waals surface area contributed by atoms with Crippen molar-refractivity contribution in [3.05, 3.63) is 23.8 Å². The summed E-state index contributed by atoms with van der Waals surface area (Å²) < 4.78 is 17.1. The number of hydrogen-bond acceptors (Lipinski definition) is 4. The summed E-state index contributed by atoms with van der Waals surface area (Å²) in [5.74, 6) is 0.272. The molecule has 0 unspecified atom stereocenters. The molecule has 23 heavy (non-hydrogen) atoms. The van der Waals surface area contributed by atoms with E-state index in [1.54, 1.807) is 7.11 Å². The van der Waals surface area contributed by atoms with Crippen LogP contribution in [0.1, 0.15) is 38.2 Å². The van der Waals surface area contributed by atoms with Gasteiger partial charge in [-0.3, -0.25) is 4.79 Å². The number of benzene rings is 1. The number of anilines is 1. The van der Waals surface area contributed by atoms with Crippen LogP contribution in [0.2, 0.25) is 0 Å². The Kier molecular flexibility index (Phi) is 4.34. The monoisotopic (exact) mass is 319 g/mol. The molecule has 1 aliphatic heterocycles. The van der Waals surface area contributed by atoms with E-state index in [0.717, 1.165) is 42.7 Å². The maximum atomic E-state index is 12.7. The minimum Gasteiger partial charge on any atom is -0.497 e. The molecule has 1 amide bonds. The summed E-state index contributed by atoms with van der Waals surface area (Å²) in [6.45, 7) is 4.63. The maximum Gasteiger partial charge on any atom is 0.235 e. The van der Waals surface area contributed by atoms with Crippen molar-refractivity contribution < 1.29 is 19.0 Å². The van der Waals surface area contributed by atoms with E-state index in [2.05, 4.69) is 5.32 Å². The molecule has 1 heterocycles. The zero-order chi connectivity index (χ0) is 16.5. The molecule has 1 saturated carbocycles. The summed E-state index contributed by atoms with van der Waals surface area (Å²) in [5, 5.41) is 3.00. The first-order chi connectivity index (χ1) is 11.0. The third kappa shape index (κ3) is 3.21. The van der Waals surface area contributed by atoms with Gasteiger partial charge < -0.3 is 19.5 Å². The van der Waals surface area contributed by atoms with E-state index in [9.17, 15) is 4.79 Å². The largest absolute Gasteiger partial charge is 0.497 e. The molecule has 0 aromatic heterocycles. The van der Waals surface area contributed by atoms with Crippen LogP contribution in [0.15, 0.2) is 18.2 Å². The van der Waals surface area contributed by atoms with Crippen LogP contribution in [-0.2, 0) is 14.3 Å². The smallest absolute Gasteiger partial charge is 0.235 e. The highest BCUT2D eigenvalue weighted by Crippen LogP contribution is 2.41. The number of nitrogens with one attached hydrogen (secondary N) is 1. The van der Waals surface area contributed by atoms with E-state index < -0.39 is 11.2 Å². The Hall–Kier alpha value is -1.59. The van der Waals surface area contributed by atoms with Crippen LogP contribution in [0, 0.1) is 12.3 Å². The van der Waals surface area contributed by atoms with Gasteiger partial charge in [0, 0.05) is 18.5 Å². The van der Waals surface area contributed by atoms with Crippen LogP contribution in [0.3, 0.4) is 0 Å². The number of methoxy groups -OCH3 is 1. The van der Waals surface area contributed by atoms with E-state index in [4.69, 9.17) is 14.2 Å². The molecule has 1 N–H and O–H groups in total. The number of carbonyl (C=O) groups excluding carboxylic acids is 1. The summed E-state index contributed by atoms with van der Waals surface area (Å²) >= 11 is 0. The number of hydrogen-bond donors (Lipinski definition) is 1. The predicted molar refractivity (Wildman–Crippen MR) is 87.6 cm³/mol. The normalized spacial score (nSPS) is 22.0. The Morgan fingerprint density at radius 2 is 1.87 bits per heavy atom. The summed E-state index contributed by atoms with van der Waals surface area (Å²) in [5.41, 5.74) is 1.09. The molecule has 1 spiro atoms. The van der Waals surface area contributed by atoms with Gasteiger partial charge in [0.15, 0.2) is 5.79 Å². The van der Waals surface area contributed by atoms with Gasteiger partial charge in [-0.05, 0) is 50.5 Å². The van der Waals surface area contributed by atoms with Gasteiger partial charge in [0.1, 0.15) is 5.75 Å². The maximum absolute atomic E-state index is 12.7. The van der Waals surface area contributed by atoms with Gasteiger partial charge in [0.05, 0.1) is 25.7 Å². The first-order valence-electron chi connectivity index (χ1n) is 8.20. The molecule has 5 nitrogen and oxygen atoms in total. The molecule has 126 valence electrons. The lowest BCUT2D eigenvalue weighted by molar-refractivity contribution is -0.291. The molecule has 5 heteroatoms. The molecule has 1 aromatic carbocycles. The zero-order valence-corrected chi connectivity index (χ0v) is 14.1. The number of rotatable bonds is 3. The van der Waals surface area contributed by atoms with Gasteiger partial charge in [-0.2, -0.15) is 0 Å². The molecule has 2 aliphatic rings. The van der Waals surface area contributed by atoms with E-state index >= 15 is 0 Å². The van der Waals surface area contributed by atoms with Crippen molar-refractivity contribution in [2.24, 2.45) is 5.41 Å². The fourth-order valence-corrected chi connectivity index (χ4v) is 3.17. The van der Waals surface area contributed by atoms with Crippen molar-refractivity contribution in [1.82, 2.24) is 0 Å². The molecule has 1 aliphatic carbocycles. The molecule has 3 rings (SSSR count). The quantitative estimate of drug-likeness (QED) is 0.929. The summed E-state index contributed by atoms with van der Waals surface area (Å²) in [7, 11) is 1.63. The third-order valence-corrected chi connectivity index (χ3v) is 4.90. The highest BCUT2D eigenvalue weighted by atomic mass is 16.7. The fourth-order valence-electron chi connectivity index (χ4n) is 3.17. The lowest BCUT2D eigenvalue weighted by atomic mass is 9.89. The molecule has 0 atom stereocenters. The van der Waals surface area contributed by atoms with Gasteiger partial charge in [-0.15, -0.1) is 0 Å². The minimum absolute atomic E-state index is 0.0707. The van der Waals surface area contributed by atoms with Gasteiger partial charge in [-0.1, -0.05) is 0 Å². The zero-order valence-electron chi connectivity index (χ0n) is 14.1. The van der Waals surface area contributed by atoms with Crippen molar-refractivity contribution in [3.63, 3.8) is 0 Å². The summed E-state index contributed by atoms with van der Waals surface area (Å²) in [6, 6.07) is 5.60.